The fourth-order valence-corrected chi connectivity index (χ4v) is 3.92. The Morgan fingerprint density at radius 3 is 2.62 bits per heavy atom. The van der Waals surface area contributed by atoms with E-state index in [1.54, 1.807) is 6.92 Å². The number of rotatable bonds is 6. The Balaban J connectivity index is 2.26. The summed E-state index contributed by atoms with van der Waals surface area (Å²) in [6.45, 7) is 3.11. The number of halogens is 1. The molecule has 0 spiro atoms. The van der Waals surface area contributed by atoms with Crippen molar-refractivity contribution in [2.75, 3.05) is 5.73 Å². The van der Waals surface area contributed by atoms with Gasteiger partial charge < -0.3 is 30.5 Å². The highest BCUT2D eigenvalue weighted by atomic mass is 127. The zero-order valence-electron chi connectivity index (χ0n) is 14.0. The van der Waals surface area contributed by atoms with Crippen LogP contribution in [-0.2, 0) is 13.8 Å². The maximum absolute atomic E-state index is 12.0. The molecular formula is C13H21IN3O8P. The lowest BCUT2D eigenvalue weighted by atomic mass is 9.93. The number of aliphatic hydroxyl groups is 2. The molecule has 1 unspecified atom stereocenters. The first-order valence-electron chi connectivity index (χ1n) is 7.69. The molecule has 0 aromatic carbocycles. The molecule has 6 N–H and O–H groups in total. The minimum atomic E-state index is -4.77. The maximum atomic E-state index is 12.0. The first-order valence-corrected chi connectivity index (χ1v) is 10.3. The lowest BCUT2D eigenvalue weighted by molar-refractivity contribution is -0.0708. The van der Waals surface area contributed by atoms with Gasteiger partial charge in [-0.2, -0.15) is 4.98 Å². The molecule has 1 saturated heterocycles. The molecule has 1 aliphatic rings. The molecule has 0 radical (unpaired) electrons. The van der Waals surface area contributed by atoms with E-state index in [1.165, 1.54) is 13.1 Å². The molecule has 0 amide bonds. The van der Waals surface area contributed by atoms with Crippen LogP contribution in [0.15, 0.2) is 11.0 Å². The zero-order valence-corrected chi connectivity index (χ0v) is 17.1. The predicted octanol–water partition coefficient (Wildman–Crippen LogP) is -0.283. The number of anilines is 1. The Morgan fingerprint density at radius 2 is 2.08 bits per heavy atom. The quantitative estimate of drug-likeness (QED) is 0.255. The summed E-state index contributed by atoms with van der Waals surface area (Å²) in [5.74, 6) is 0.0324. The highest BCUT2D eigenvalue weighted by Gasteiger charge is 2.47. The van der Waals surface area contributed by atoms with Gasteiger partial charge in [0.15, 0.2) is 6.23 Å². The van der Waals surface area contributed by atoms with Crippen LogP contribution in [0.4, 0.5) is 5.82 Å². The van der Waals surface area contributed by atoms with Gasteiger partial charge in [0.25, 0.3) is 0 Å². The van der Waals surface area contributed by atoms with Crippen LogP contribution in [0, 0.1) is 3.57 Å². The number of nitrogens with two attached hydrogens (primary N) is 1. The van der Waals surface area contributed by atoms with Crippen molar-refractivity contribution in [3.8, 4) is 0 Å². The van der Waals surface area contributed by atoms with Gasteiger partial charge in [-0.15, -0.1) is 0 Å². The molecule has 0 aliphatic carbocycles. The summed E-state index contributed by atoms with van der Waals surface area (Å²) in [7, 11) is -4.77. The van der Waals surface area contributed by atoms with Crippen molar-refractivity contribution < 1.29 is 33.8 Å². The third-order valence-corrected chi connectivity index (χ3v) is 5.78. The van der Waals surface area contributed by atoms with Crippen LogP contribution in [0.3, 0.4) is 0 Å². The van der Waals surface area contributed by atoms with E-state index in [0.717, 1.165) is 4.57 Å². The minimum absolute atomic E-state index is 0.0324. The van der Waals surface area contributed by atoms with E-state index in [2.05, 4.69) is 4.98 Å². The van der Waals surface area contributed by atoms with Crippen LogP contribution >= 0.6 is 30.4 Å². The fraction of sp³-hybridized carbons (Fsp3) is 0.692. The average Bonchev–Trinajstić information content (AvgIpc) is 2.77. The molecular weight excluding hydrogens is 484 g/mol. The van der Waals surface area contributed by atoms with Crippen LogP contribution < -0.4 is 11.4 Å². The second kappa shape index (κ2) is 7.80. The fourth-order valence-electron chi connectivity index (χ4n) is 2.73. The normalized spacial score (nSPS) is 28.9. The molecule has 0 bridgehead atoms. The van der Waals surface area contributed by atoms with Crippen molar-refractivity contribution in [2.45, 2.75) is 56.8 Å². The van der Waals surface area contributed by atoms with E-state index in [-0.39, 0.29) is 18.7 Å². The molecule has 2 rings (SSSR count). The summed E-state index contributed by atoms with van der Waals surface area (Å²) in [4.78, 5) is 33.8. The topological polar surface area (TPSA) is 177 Å². The maximum Gasteiger partial charge on any atom is 0.470 e. The molecule has 13 heteroatoms. The van der Waals surface area contributed by atoms with Crippen molar-refractivity contribution in [3.63, 3.8) is 0 Å². The van der Waals surface area contributed by atoms with Crippen molar-refractivity contribution in [2.24, 2.45) is 0 Å². The molecule has 5 atom stereocenters. The largest absolute Gasteiger partial charge is 0.470 e. The summed E-state index contributed by atoms with van der Waals surface area (Å²) in [6, 6.07) is 0. The number of ether oxygens (including phenoxy) is 1. The minimum Gasteiger partial charge on any atom is -0.388 e. The van der Waals surface area contributed by atoms with E-state index >= 15 is 0 Å². The molecule has 1 aromatic rings. The summed E-state index contributed by atoms with van der Waals surface area (Å²) in [5, 5.41) is 20.6. The number of hydrogen-bond acceptors (Lipinski definition) is 8. The van der Waals surface area contributed by atoms with E-state index in [0.29, 0.717) is 3.57 Å². The smallest absolute Gasteiger partial charge is 0.388 e. The molecule has 0 saturated carbocycles. The lowest BCUT2D eigenvalue weighted by Gasteiger charge is -2.31. The van der Waals surface area contributed by atoms with Crippen LogP contribution in [0.1, 0.15) is 32.9 Å². The number of phosphoric acid groups is 1. The third kappa shape index (κ3) is 4.81. The summed E-state index contributed by atoms with van der Waals surface area (Å²) in [5.41, 5.74) is 3.50. The van der Waals surface area contributed by atoms with Gasteiger partial charge >= 0.3 is 13.5 Å². The van der Waals surface area contributed by atoms with E-state index in [4.69, 9.17) is 24.8 Å². The van der Waals surface area contributed by atoms with Gasteiger partial charge in [-0.25, -0.2) is 9.36 Å². The third-order valence-electron chi connectivity index (χ3n) is 4.27. The van der Waals surface area contributed by atoms with Crippen LogP contribution in [0.2, 0.25) is 0 Å². The van der Waals surface area contributed by atoms with Crippen molar-refractivity contribution >= 4 is 36.2 Å². The predicted molar refractivity (Wildman–Crippen MR) is 98.0 cm³/mol. The first-order chi connectivity index (χ1) is 11.9. The number of nitrogens with zero attached hydrogens (tertiary/aromatic N) is 2. The second-order valence-corrected chi connectivity index (χ2v) is 8.63. The molecule has 11 nitrogen and oxygen atoms in total. The zero-order chi connectivity index (χ0) is 19.9. The second-order valence-electron chi connectivity index (χ2n) is 6.30. The summed E-state index contributed by atoms with van der Waals surface area (Å²) >= 11 is 1.86. The van der Waals surface area contributed by atoms with Gasteiger partial charge in [-0.05, 0) is 35.9 Å². The molecule has 1 aliphatic heterocycles. The van der Waals surface area contributed by atoms with Gasteiger partial charge in [0.2, 0.25) is 0 Å². The highest BCUT2D eigenvalue weighted by molar-refractivity contribution is 14.1. The average molecular weight is 505 g/mol. The van der Waals surface area contributed by atoms with Gasteiger partial charge in [0, 0.05) is 12.6 Å². The van der Waals surface area contributed by atoms with Crippen molar-refractivity contribution in [3.05, 3.63) is 20.3 Å². The molecule has 26 heavy (non-hydrogen) atoms. The lowest BCUT2D eigenvalue weighted by Crippen LogP contribution is -2.38. The number of nitrogen functional groups attached to an aromatic ring is 1. The van der Waals surface area contributed by atoms with Crippen LogP contribution in [0.5, 0.6) is 0 Å². The Hall–Kier alpha value is -0.600. The molecule has 1 aromatic heterocycles. The first kappa shape index (κ1) is 21.7. The number of hydrogen-bond donors (Lipinski definition) is 5. The van der Waals surface area contributed by atoms with Crippen LogP contribution in [-0.4, -0.2) is 53.5 Å². The molecule has 148 valence electrons. The Labute approximate surface area is 162 Å². The SMILES string of the molecule is CCC(C)(C[C@H]1O[C@@H](n2cc(I)c(N)nc2=O)[C@H](O)[C@@H]1O)OP(=O)(O)O. The Bertz CT molecular complexity index is 770. The van der Waals surface area contributed by atoms with E-state index < -0.39 is 43.7 Å². The highest BCUT2D eigenvalue weighted by Crippen LogP contribution is 2.45. The number of phosphoric ester groups is 1. The van der Waals surface area contributed by atoms with E-state index in [1.807, 2.05) is 22.6 Å². The number of aromatic nitrogens is 2. The van der Waals surface area contributed by atoms with Crippen molar-refractivity contribution in [1.29, 1.82) is 0 Å². The number of aliphatic hydroxyl groups excluding tert-OH is 2. The Kier molecular flexibility index (Phi) is 6.51. The summed E-state index contributed by atoms with van der Waals surface area (Å²) in [6.07, 6.45) is -3.64. The van der Waals surface area contributed by atoms with Gasteiger partial charge in [0.1, 0.15) is 18.0 Å². The standard InChI is InChI=1S/C13H21IN3O8P/c1-3-13(2,25-26(21,22)23)4-7-8(18)9(19)11(24-7)17-5-6(14)10(15)16-12(17)20/h5,7-9,11,18-19H,3-4H2,1-2H3,(H2,15,16,20)(H2,21,22,23)/t7-,8-,9-,11-,13?/m1/s1. The van der Waals surface area contributed by atoms with Gasteiger partial charge in [-0.1, -0.05) is 6.92 Å². The van der Waals surface area contributed by atoms with Crippen molar-refractivity contribution in [1.82, 2.24) is 9.55 Å². The van der Waals surface area contributed by atoms with Crippen LogP contribution in [0.25, 0.3) is 0 Å². The van der Waals surface area contributed by atoms with Gasteiger partial charge in [0.05, 0.1) is 15.3 Å². The molecule has 2 heterocycles. The Morgan fingerprint density at radius 1 is 1.46 bits per heavy atom. The van der Waals surface area contributed by atoms with E-state index in [9.17, 15) is 19.6 Å². The molecule has 1 fully saturated rings. The monoisotopic (exact) mass is 505 g/mol. The van der Waals surface area contributed by atoms with Gasteiger partial charge in [-0.3, -0.25) is 9.09 Å². The summed E-state index contributed by atoms with van der Waals surface area (Å²) < 4.78 is 23.1.